The number of nitrogens with zero attached hydrogens (tertiary/aromatic N) is 8. The summed E-state index contributed by atoms with van der Waals surface area (Å²) in [7, 11) is 4.53. The van der Waals surface area contributed by atoms with Gasteiger partial charge in [-0.1, -0.05) is 87.1 Å². The van der Waals surface area contributed by atoms with Crippen molar-refractivity contribution in [2.75, 3.05) is 134 Å². The van der Waals surface area contributed by atoms with E-state index in [1.807, 2.05) is 9.80 Å². The quantitative estimate of drug-likeness (QED) is 0.0618. The highest BCUT2D eigenvalue weighted by Crippen LogP contribution is 2.45. The first kappa shape index (κ1) is 78.6. The van der Waals surface area contributed by atoms with E-state index in [0.29, 0.717) is 183 Å². The summed E-state index contributed by atoms with van der Waals surface area (Å²) in [5.74, 6) is 1.49. The van der Waals surface area contributed by atoms with Crippen LogP contribution in [0.3, 0.4) is 0 Å². The van der Waals surface area contributed by atoms with Crippen LogP contribution in [0.4, 0.5) is 30.2 Å². The molecule has 21 nitrogen and oxygen atoms in total. The van der Waals surface area contributed by atoms with Crippen LogP contribution in [0.1, 0.15) is 55.2 Å². The summed E-state index contributed by atoms with van der Waals surface area (Å²) in [5.41, 5.74) is 3.10. The Balaban J connectivity index is 0.000000175. The normalized spacial score (nSPS) is 18.7. The Morgan fingerprint density at radius 1 is 0.505 bits per heavy atom. The molecule has 6 heterocycles. The third kappa shape index (κ3) is 19.6. The predicted molar refractivity (Wildman–Crippen MR) is 387 cm³/mol. The van der Waals surface area contributed by atoms with E-state index in [-0.39, 0.29) is 68.1 Å². The Kier molecular flexibility index (Phi) is 27.6. The SMILES string of the molecule is COc1cc2c(cc1Cl)N(CCO)CC(C(=O)N1CCC(C#N)(Cc3ccc(F)cc3)CC1)O2.COc1cc2c(cc1Cl)N(CCO)CC(C(=O)N1CCC(C#N)(Cc3ccc(F)cc3)CC1)O2.COc1cc2c(cc1Cl)NCC(C(=O)N1CCC(C#N)(Cc3ccc(F)cc3)CC1)O2.OCCBr. The number of aliphatic hydroxyl groups excluding tert-OH is 3. The van der Waals surface area contributed by atoms with Gasteiger partial charge in [-0.2, -0.15) is 15.8 Å². The molecule has 3 fully saturated rings. The number of carbonyl (C=O) groups is 3. The monoisotopic (exact) mass is 1540 g/mol. The van der Waals surface area contributed by atoms with Gasteiger partial charge in [-0.15, -0.1) is 0 Å². The standard InChI is InChI=1S/2C25H27ClFN3O4.C23H23ClFN3O3.C2H5BrO/c2*1-33-21-13-22-20(12-19(21)26)30(10-11-31)15-23(34-22)24(32)29-8-6-25(16-28,7-9-29)14-17-2-4-18(27)5-3-17;1-30-19-11-20-18(10-17(19)24)27-13-21(31-20)22(29)28-8-6-23(14-26,7-9-28)12-15-2-4-16(25)5-3-15;3-1-2-4/h2*2-5,12-13,23,31H,6-11,14-15H2,1H3;2-5,10-11,21,27H,6-9,12-13H2,1H3;4H,1-2H2. The first-order chi connectivity index (χ1) is 49.6. The number of halogens is 7. The van der Waals surface area contributed by atoms with Crippen LogP contribution >= 0.6 is 50.7 Å². The lowest BCUT2D eigenvalue weighted by Gasteiger charge is -2.41. The maximum atomic E-state index is 13.4. The first-order valence-electron chi connectivity index (χ1n) is 33.7. The van der Waals surface area contributed by atoms with Crippen molar-refractivity contribution in [3.63, 3.8) is 0 Å². The van der Waals surface area contributed by atoms with Crippen molar-refractivity contribution in [3.8, 4) is 52.7 Å². The molecule has 12 rings (SSSR count). The Labute approximate surface area is 620 Å². The molecule has 0 aliphatic carbocycles. The summed E-state index contributed by atoms with van der Waals surface area (Å²) in [6.45, 7) is 4.33. The Hall–Kier alpha value is -8.58. The number of fused-ring (bicyclic) bond motifs is 3. The second-order valence-electron chi connectivity index (χ2n) is 25.9. The van der Waals surface area contributed by atoms with Gasteiger partial charge in [0.1, 0.15) is 51.9 Å². The summed E-state index contributed by atoms with van der Waals surface area (Å²) in [6.07, 6.45) is 2.64. The zero-order chi connectivity index (χ0) is 74.0. The molecule has 6 aromatic rings. The van der Waals surface area contributed by atoms with Gasteiger partial charge < -0.3 is 73.6 Å². The average molecular weight is 1540 g/mol. The van der Waals surface area contributed by atoms with Gasteiger partial charge in [-0.3, -0.25) is 14.4 Å². The van der Waals surface area contributed by atoms with Crippen molar-refractivity contribution in [2.24, 2.45) is 16.2 Å². The third-order valence-electron chi connectivity index (χ3n) is 19.3. The lowest BCUT2D eigenvalue weighted by atomic mass is 9.75. The molecule has 0 aromatic heterocycles. The molecular formula is C75H82BrCl3F3N9O12. The van der Waals surface area contributed by atoms with Crippen molar-refractivity contribution in [3.05, 3.63) is 158 Å². The zero-order valence-electron chi connectivity index (χ0n) is 57.3. The molecule has 6 aliphatic heterocycles. The number of benzene rings is 6. The summed E-state index contributed by atoms with van der Waals surface area (Å²) in [4.78, 5) is 48.8. The van der Waals surface area contributed by atoms with Crippen LogP contribution in [0.5, 0.6) is 34.5 Å². The number of amides is 3. The molecule has 6 aliphatic rings. The predicted octanol–water partition coefficient (Wildman–Crippen LogP) is 11.3. The molecule has 6 aromatic carbocycles. The molecule has 0 saturated carbocycles. The number of rotatable bonds is 17. The molecule has 4 N–H and O–H groups in total. The van der Waals surface area contributed by atoms with E-state index < -0.39 is 34.6 Å². The number of likely N-dealkylation sites (tertiary alicyclic amines) is 3. The van der Waals surface area contributed by atoms with Gasteiger partial charge in [0.15, 0.2) is 18.3 Å². The van der Waals surface area contributed by atoms with Crippen LogP contribution in [0, 0.1) is 67.7 Å². The van der Waals surface area contributed by atoms with E-state index in [2.05, 4.69) is 39.5 Å². The smallest absolute Gasteiger partial charge is 0.265 e. The highest BCUT2D eigenvalue weighted by Gasteiger charge is 2.44. The molecule has 0 spiro atoms. The minimum atomic E-state index is -0.753. The van der Waals surface area contributed by atoms with Crippen LogP contribution in [0.2, 0.25) is 15.1 Å². The number of carbonyl (C=O) groups excluding carboxylic acids is 3. The molecule has 3 saturated heterocycles. The fourth-order valence-corrected chi connectivity index (χ4v) is 14.2. The first-order valence-corrected chi connectivity index (χ1v) is 35.9. The number of piperidine rings is 3. The van der Waals surface area contributed by atoms with Gasteiger partial charge in [0.05, 0.1) is 127 Å². The fraction of sp³-hybridized carbons (Fsp3) is 0.440. The molecule has 3 unspecified atom stereocenters. The maximum Gasteiger partial charge on any atom is 0.265 e. The number of hydrogen-bond acceptors (Lipinski definition) is 18. The Bertz CT molecular complexity index is 3860. The van der Waals surface area contributed by atoms with Gasteiger partial charge >= 0.3 is 0 Å². The lowest BCUT2D eigenvalue weighted by molar-refractivity contribution is -0.141. The van der Waals surface area contributed by atoms with Crippen LogP contribution in [0.15, 0.2) is 109 Å². The van der Waals surface area contributed by atoms with Gasteiger partial charge in [0.2, 0.25) is 0 Å². The van der Waals surface area contributed by atoms with Crippen LogP contribution in [0.25, 0.3) is 0 Å². The lowest BCUT2D eigenvalue weighted by Crippen LogP contribution is -2.53. The largest absolute Gasteiger partial charge is 0.495 e. The number of ether oxygens (including phenoxy) is 6. The fourth-order valence-electron chi connectivity index (χ4n) is 13.4. The molecule has 28 heteroatoms. The summed E-state index contributed by atoms with van der Waals surface area (Å²) in [5, 5.41) is 61.7. The van der Waals surface area contributed by atoms with Gasteiger partial charge in [-0.05, 0) is 129 Å². The molecule has 548 valence electrons. The molecule has 0 bridgehead atoms. The maximum absolute atomic E-state index is 13.4. The number of hydrogen-bond donors (Lipinski definition) is 4. The van der Waals surface area contributed by atoms with E-state index in [4.69, 9.17) is 68.3 Å². The highest BCUT2D eigenvalue weighted by atomic mass is 79.9. The number of anilines is 3. The number of alkyl halides is 1. The number of nitrogens with one attached hydrogen (secondary N) is 1. The van der Waals surface area contributed by atoms with Crippen LogP contribution < -0.4 is 43.5 Å². The van der Waals surface area contributed by atoms with E-state index in [1.54, 1.807) is 87.5 Å². The van der Waals surface area contributed by atoms with Crippen molar-refractivity contribution in [2.45, 2.75) is 76.1 Å². The third-order valence-corrected chi connectivity index (χ3v) is 20.5. The van der Waals surface area contributed by atoms with E-state index >= 15 is 0 Å². The van der Waals surface area contributed by atoms with Crippen molar-refractivity contribution in [1.82, 2.24) is 14.7 Å². The minimum absolute atomic E-state index is 0.0816. The molecule has 3 atom stereocenters. The van der Waals surface area contributed by atoms with Crippen LogP contribution in [-0.4, -0.2) is 185 Å². The van der Waals surface area contributed by atoms with Gasteiger partial charge in [0, 0.05) is 75.9 Å². The van der Waals surface area contributed by atoms with E-state index in [1.165, 1.54) is 57.7 Å². The van der Waals surface area contributed by atoms with Gasteiger partial charge in [-0.25, -0.2) is 13.2 Å². The minimum Gasteiger partial charge on any atom is -0.495 e. The molecular weight excluding hydrogens is 1460 g/mol. The van der Waals surface area contributed by atoms with E-state index in [0.717, 1.165) is 22.4 Å². The topological polar surface area (TPSA) is 267 Å². The van der Waals surface area contributed by atoms with Gasteiger partial charge in [0.25, 0.3) is 17.7 Å². The second-order valence-corrected chi connectivity index (χ2v) is 27.9. The number of nitriles is 3. The van der Waals surface area contributed by atoms with E-state index in [9.17, 15) is 53.6 Å². The number of aliphatic hydroxyl groups is 3. The number of β-amino-alcohol motifs (C(OH)–C–C–N with tert-alkyl or cyclic N) is 2. The van der Waals surface area contributed by atoms with Crippen molar-refractivity contribution >= 4 is 85.5 Å². The number of methoxy groups -OCH3 is 3. The molecule has 0 radical (unpaired) electrons. The van der Waals surface area contributed by atoms with Crippen molar-refractivity contribution in [1.29, 1.82) is 15.8 Å². The summed E-state index contributed by atoms with van der Waals surface area (Å²) < 4.78 is 73.5. The zero-order valence-corrected chi connectivity index (χ0v) is 61.2. The van der Waals surface area contributed by atoms with Crippen molar-refractivity contribution < 1.29 is 71.3 Å². The Morgan fingerprint density at radius 3 is 1.11 bits per heavy atom. The molecule has 103 heavy (non-hydrogen) atoms. The molecule has 3 amide bonds. The summed E-state index contributed by atoms with van der Waals surface area (Å²) >= 11 is 21.7. The van der Waals surface area contributed by atoms with Crippen LogP contribution in [-0.2, 0) is 33.6 Å². The summed E-state index contributed by atoms with van der Waals surface area (Å²) in [6, 6.07) is 36.1. The highest BCUT2D eigenvalue weighted by molar-refractivity contribution is 9.09. The average Bonchev–Trinajstić information content (AvgIpc) is 0.792. The second kappa shape index (κ2) is 36.2. The Morgan fingerprint density at radius 2 is 0.806 bits per heavy atom.